The van der Waals surface area contributed by atoms with E-state index in [1.165, 1.54) is 12.3 Å². The second-order valence-electron chi connectivity index (χ2n) is 3.91. The monoisotopic (exact) mass is 247 g/mol. The van der Waals surface area contributed by atoms with Gasteiger partial charge in [0.25, 0.3) is 0 Å². The first-order valence-corrected chi connectivity index (χ1v) is 6.92. The fourth-order valence-corrected chi connectivity index (χ4v) is 2.80. The van der Waals surface area contributed by atoms with Gasteiger partial charge in [-0.25, -0.2) is 13.4 Å². The Morgan fingerprint density at radius 2 is 1.76 bits per heavy atom. The third-order valence-corrected chi connectivity index (χ3v) is 4.03. The lowest BCUT2D eigenvalue weighted by molar-refractivity contribution is 0.591. The average Bonchev–Trinajstić information content (AvgIpc) is 2.33. The topological polar surface area (TPSA) is 47.0 Å². The summed E-state index contributed by atoms with van der Waals surface area (Å²) >= 11 is 0. The van der Waals surface area contributed by atoms with Gasteiger partial charge in [-0.1, -0.05) is 35.9 Å². The van der Waals surface area contributed by atoms with Crippen LogP contribution >= 0.6 is 0 Å². The minimum absolute atomic E-state index is 0.00963. The summed E-state index contributed by atoms with van der Waals surface area (Å²) in [6, 6.07) is 12.4. The van der Waals surface area contributed by atoms with Crippen LogP contribution in [0.2, 0.25) is 0 Å². The van der Waals surface area contributed by atoms with Crippen molar-refractivity contribution in [3.63, 3.8) is 0 Å². The van der Waals surface area contributed by atoms with E-state index >= 15 is 0 Å². The van der Waals surface area contributed by atoms with E-state index in [1.807, 2.05) is 31.2 Å². The number of hydrogen-bond donors (Lipinski definition) is 0. The molecule has 0 saturated heterocycles. The summed E-state index contributed by atoms with van der Waals surface area (Å²) in [7, 11) is -3.34. The second kappa shape index (κ2) is 4.67. The van der Waals surface area contributed by atoms with E-state index < -0.39 is 9.84 Å². The molecule has 2 aromatic rings. The van der Waals surface area contributed by atoms with Crippen LogP contribution in [-0.4, -0.2) is 13.4 Å². The molecule has 0 radical (unpaired) electrons. The Hall–Kier alpha value is -1.68. The molecule has 1 aromatic carbocycles. The maximum absolute atomic E-state index is 12.0. The molecule has 1 aromatic heterocycles. The summed E-state index contributed by atoms with van der Waals surface area (Å²) in [5, 5.41) is 0.126. The molecule has 1 heterocycles. The maximum atomic E-state index is 12.0. The highest BCUT2D eigenvalue weighted by molar-refractivity contribution is 7.90. The SMILES string of the molecule is Cc1ccc(CS(=O)(=O)c2ccccn2)cc1. The molecule has 0 amide bonds. The fourth-order valence-electron chi connectivity index (χ4n) is 1.51. The zero-order chi connectivity index (χ0) is 12.3. The molecule has 0 aliphatic carbocycles. The first-order chi connectivity index (χ1) is 8.08. The molecule has 88 valence electrons. The number of pyridine rings is 1. The molecule has 0 atom stereocenters. The molecule has 0 aliphatic heterocycles. The minimum atomic E-state index is -3.34. The molecule has 17 heavy (non-hydrogen) atoms. The van der Waals surface area contributed by atoms with Crippen LogP contribution in [0.5, 0.6) is 0 Å². The Balaban J connectivity index is 2.27. The van der Waals surface area contributed by atoms with Gasteiger partial charge < -0.3 is 0 Å². The quantitative estimate of drug-likeness (QED) is 0.836. The van der Waals surface area contributed by atoms with Crippen molar-refractivity contribution in [1.82, 2.24) is 4.98 Å². The van der Waals surface area contributed by atoms with E-state index in [2.05, 4.69) is 4.98 Å². The van der Waals surface area contributed by atoms with Crippen molar-refractivity contribution in [3.8, 4) is 0 Å². The standard InChI is InChI=1S/C13H13NO2S/c1-11-5-7-12(8-6-11)10-17(15,16)13-4-2-3-9-14-13/h2-9H,10H2,1H3. The van der Waals surface area contributed by atoms with Gasteiger partial charge in [0.2, 0.25) is 0 Å². The Morgan fingerprint density at radius 3 is 2.35 bits per heavy atom. The molecular formula is C13H13NO2S. The predicted octanol–water partition coefficient (Wildman–Crippen LogP) is 2.36. The third kappa shape index (κ3) is 2.91. The van der Waals surface area contributed by atoms with Gasteiger partial charge in [0.1, 0.15) is 0 Å². The summed E-state index contributed by atoms with van der Waals surface area (Å²) in [6.45, 7) is 1.97. The smallest absolute Gasteiger partial charge is 0.199 e. The highest BCUT2D eigenvalue weighted by Gasteiger charge is 2.15. The van der Waals surface area contributed by atoms with E-state index in [9.17, 15) is 8.42 Å². The molecule has 0 unspecified atom stereocenters. The molecule has 0 spiro atoms. The molecule has 0 aliphatic rings. The number of sulfone groups is 1. The van der Waals surface area contributed by atoms with E-state index in [1.54, 1.807) is 12.1 Å². The molecule has 0 N–H and O–H groups in total. The Kier molecular flexibility index (Phi) is 3.24. The zero-order valence-electron chi connectivity index (χ0n) is 9.50. The lowest BCUT2D eigenvalue weighted by Gasteiger charge is -2.03. The summed E-state index contributed by atoms with van der Waals surface area (Å²) in [6.07, 6.45) is 1.49. The normalized spacial score (nSPS) is 11.4. The van der Waals surface area contributed by atoms with Gasteiger partial charge in [-0.3, -0.25) is 0 Å². The summed E-state index contributed by atoms with van der Waals surface area (Å²) in [4.78, 5) is 3.88. The van der Waals surface area contributed by atoms with E-state index in [-0.39, 0.29) is 10.8 Å². The van der Waals surface area contributed by atoms with Crippen LogP contribution in [0, 0.1) is 6.92 Å². The van der Waals surface area contributed by atoms with E-state index in [0.29, 0.717) is 0 Å². The maximum Gasteiger partial charge on any atom is 0.199 e. The summed E-state index contributed by atoms with van der Waals surface area (Å²) < 4.78 is 24.0. The van der Waals surface area contributed by atoms with Crippen LogP contribution in [-0.2, 0) is 15.6 Å². The minimum Gasteiger partial charge on any atom is -0.245 e. The van der Waals surface area contributed by atoms with Crippen molar-refractivity contribution < 1.29 is 8.42 Å². The first kappa shape index (κ1) is 11.8. The number of hydrogen-bond acceptors (Lipinski definition) is 3. The van der Waals surface area contributed by atoms with Crippen molar-refractivity contribution >= 4 is 9.84 Å². The van der Waals surface area contributed by atoms with E-state index in [0.717, 1.165) is 11.1 Å². The number of rotatable bonds is 3. The number of aryl methyl sites for hydroxylation is 1. The zero-order valence-corrected chi connectivity index (χ0v) is 10.3. The second-order valence-corrected chi connectivity index (χ2v) is 5.85. The lowest BCUT2D eigenvalue weighted by Crippen LogP contribution is -2.06. The molecule has 0 bridgehead atoms. The van der Waals surface area contributed by atoms with Crippen LogP contribution < -0.4 is 0 Å². The molecular weight excluding hydrogens is 234 g/mol. The summed E-state index contributed by atoms with van der Waals surface area (Å²) in [5.74, 6) is -0.00963. The van der Waals surface area contributed by atoms with Gasteiger partial charge in [0, 0.05) is 6.20 Å². The van der Waals surface area contributed by atoms with Gasteiger partial charge in [0.15, 0.2) is 14.9 Å². The van der Waals surface area contributed by atoms with Crippen molar-refractivity contribution in [2.24, 2.45) is 0 Å². The van der Waals surface area contributed by atoms with Gasteiger partial charge in [-0.05, 0) is 24.6 Å². The fraction of sp³-hybridized carbons (Fsp3) is 0.154. The first-order valence-electron chi connectivity index (χ1n) is 5.27. The van der Waals surface area contributed by atoms with Crippen LogP contribution in [0.4, 0.5) is 0 Å². The van der Waals surface area contributed by atoms with Gasteiger partial charge in [0.05, 0.1) is 5.75 Å². The summed E-state index contributed by atoms with van der Waals surface area (Å²) in [5.41, 5.74) is 1.89. The molecule has 0 saturated carbocycles. The number of benzene rings is 1. The van der Waals surface area contributed by atoms with Crippen molar-refractivity contribution in [2.45, 2.75) is 17.7 Å². The lowest BCUT2D eigenvalue weighted by atomic mass is 10.2. The number of aromatic nitrogens is 1. The van der Waals surface area contributed by atoms with Gasteiger partial charge in [-0.15, -0.1) is 0 Å². The Bertz CT molecular complexity index is 589. The highest BCUT2D eigenvalue weighted by Crippen LogP contribution is 2.14. The van der Waals surface area contributed by atoms with Crippen molar-refractivity contribution in [2.75, 3.05) is 0 Å². The van der Waals surface area contributed by atoms with Crippen LogP contribution in [0.15, 0.2) is 53.7 Å². The average molecular weight is 247 g/mol. The highest BCUT2D eigenvalue weighted by atomic mass is 32.2. The Labute approximate surface area is 101 Å². The predicted molar refractivity (Wildman–Crippen MR) is 66.3 cm³/mol. The largest absolute Gasteiger partial charge is 0.245 e. The van der Waals surface area contributed by atoms with E-state index in [4.69, 9.17) is 0 Å². The van der Waals surface area contributed by atoms with Crippen molar-refractivity contribution in [3.05, 3.63) is 59.8 Å². The Morgan fingerprint density at radius 1 is 1.06 bits per heavy atom. The van der Waals surface area contributed by atoms with Gasteiger partial charge >= 0.3 is 0 Å². The molecule has 2 rings (SSSR count). The van der Waals surface area contributed by atoms with Crippen LogP contribution in [0.25, 0.3) is 0 Å². The molecule has 4 heteroatoms. The molecule has 3 nitrogen and oxygen atoms in total. The van der Waals surface area contributed by atoms with Crippen LogP contribution in [0.1, 0.15) is 11.1 Å². The van der Waals surface area contributed by atoms with Crippen molar-refractivity contribution in [1.29, 1.82) is 0 Å². The van der Waals surface area contributed by atoms with Crippen LogP contribution in [0.3, 0.4) is 0 Å². The third-order valence-electron chi connectivity index (χ3n) is 2.43. The molecule has 0 fully saturated rings. The van der Waals surface area contributed by atoms with Gasteiger partial charge in [-0.2, -0.15) is 0 Å². The number of nitrogens with zero attached hydrogens (tertiary/aromatic N) is 1.